The van der Waals surface area contributed by atoms with Gasteiger partial charge in [-0.1, -0.05) is 44.2 Å². The van der Waals surface area contributed by atoms with Crippen LogP contribution in [0.15, 0.2) is 66.7 Å². The van der Waals surface area contributed by atoms with Gasteiger partial charge in [0.15, 0.2) is 23.2 Å². The molecule has 194 valence electrons. The molecule has 8 nitrogen and oxygen atoms in total. The molecular weight excluding hydrogens is 488 g/mol. The van der Waals surface area contributed by atoms with Gasteiger partial charge in [0.2, 0.25) is 0 Å². The Hall–Kier alpha value is -4.72. The lowest BCUT2D eigenvalue weighted by atomic mass is 9.76. The molecule has 3 N–H and O–H groups in total. The standard InChI is InChI=1S/C31H28N6O2/c1-31(2)15-26-22(27(38)16-31)14-25(32-26)20-12-18(17-8-10-19(39-3)11-9-17)13-21(20)28-35-29-30(37-36-28)34-24-7-5-4-6-23(24)33-29/h4-14,21,32H,15-16H2,1-3H3,(H,34,37)(H,33,35,36). The molecule has 0 saturated carbocycles. The zero-order valence-corrected chi connectivity index (χ0v) is 22.0. The topological polar surface area (TPSA) is 105 Å². The first-order valence-corrected chi connectivity index (χ1v) is 13.1. The van der Waals surface area contributed by atoms with Crippen LogP contribution in [0.2, 0.25) is 0 Å². The number of fused-ring (bicyclic) bond motifs is 3. The highest BCUT2D eigenvalue weighted by Crippen LogP contribution is 2.44. The quantitative estimate of drug-likeness (QED) is 0.253. The van der Waals surface area contributed by atoms with Gasteiger partial charge in [-0.3, -0.25) is 4.79 Å². The highest BCUT2D eigenvalue weighted by molar-refractivity contribution is 6.01. The average molecular weight is 517 g/mol. The van der Waals surface area contributed by atoms with Gasteiger partial charge in [0, 0.05) is 23.4 Å². The van der Waals surface area contributed by atoms with E-state index in [9.17, 15) is 4.79 Å². The van der Waals surface area contributed by atoms with Crippen molar-refractivity contribution in [2.75, 3.05) is 17.7 Å². The largest absolute Gasteiger partial charge is 0.497 e. The summed E-state index contributed by atoms with van der Waals surface area (Å²) in [4.78, 5) is 21.5. The van der Waals surface area contributed by atoms with E-state index in [4.69, 9.17) is 9.72 Å². The molecule has 7 rings (SSSR count). The van der Waals surface area contributed by atoms with Gasteiger partial charge < -0.3 is 20.4 Å². The number of H-pyrrole nitrogens is 1. The first-order chi connectivity index (χ1) is 18.9. The Morgan fingerprint density at radius 3 is 2.44 bits per heavy atom. The molecule has 0 saturated heterocycles. The zero-order chi connectivity index (χ0) is 26.7. The molecule has 1 aliphatic heterocycles. The number of aromatic nitrogens is 4. The second-order valence-electron chi connectivity index (χ2n) is 11.1. The molecule has 2 aliphatic carbocycles. The average Bonchev–Trinajstić information content (AvgIpc) is 3.56. The Morgan fingerprint density at radius 1 is 0.949 bits per heavy atom. The zero-order valence-electron chi connectivity index (χ0n) is 22.0. The maximum absolute atomic E-state index is 13.0. The Kier molecular flexibility index (Phi) is 5.20. The summed E-state index contributed by atoms with van der Waals surface area (Å²) in [5.74, 6) is 2.54. The fourth-order valence-corrected chi connectivity index (χ4v) is 5.71. The van der Waals surface area contributed by atoms with Crippen LogP contribution in [0.3, 0.4) is 0 Å². The minimum atomic E-state index is -0.248. The number of Topliss-reactive ketones (excluding diaryl/α,β-unsaturated/α-hetero) is 1. The van der Waals surface area contributed by atoms with Crippen molar-refractivity contribution >= 4 is 39.9 Å². The van der Waals surface area contributed by atoms with E-state index in [1.165, 1.54) is 0 Å². The number of ketones is 1. The van der Waals surface area contributed by atoms with Gasteiger partial charge in [-0.05, 0) is 65.0 Å². The number of nitrogens with one attached hydrogen (secondary N) is 3. The molecule has 8 heteroatoms. The Morgan fingerprint density at radius 2 is 1.69 bits per heavy atom. The number of hydrogen-bond acceptors (Lipinski definition) is 7. The third kappa shape index (κ3) is 4.09. The summed E-state index contributed by atoms with van der Waals surface area (Å²) in [6, 6.07) is 17.9. The lowest BCUT2D eigenvalue weighted by Crippen LogP contribution is -2.26. The second-order valence-corrected chi connectivity index (χ2v) is 11.1. The van der Waals surface area contributed by atoms with Crippen molar-refractivity contribution in [3.8, 4) is 5.75 Å². The second kappa shape index (κ2) is 8.66. The van der Waals surface area contributed by atoms with E-state index in [2.05, 4.69) is 51.8 Å². The fourth-order valence-electron chi connectivity index (χ4n) is 5.71. The van der Waals surface area contributed by atoms with Gasteiger partial charge in [0.1, 0.15) is 5.75 Å². The summed E-state index contributed by atoms with van der Waals surface area (Å²) in [5.41, 5.74) is 7.61. The van der Waals surface area contributed by atoms with Crippen molar-refractivity contribution in [2.24, 2.45) is 5.41 Å². The highest BCUT2D eigenvalue weighted by atomic mass is 16.5. The van der Waals surface area contributed by atoms with E-state index in [1.807, 2.05) is 54.6 Å². The molecule has 0 bridgehead atoms. The van der Waals surface area contributed by atoms with Crippen LogP contribution in [0.5, 0.6) is 5.75 Å². The number of benzene rings is 2. The van der Waals surface area contributed by atoms with E-state index in [0.29, 0.717) is 23.9 Å². The molecule has 3 aliphatic rings. The van der Waals surface area contributed by atoms with Crippen molar-refractivity contribution < 1.29 is 9.53 Å². The number of carbonyl (C=O) groups excluding carboxylic acids is 1. The lowest BCUT2D eigenvalue weighted by Gasteiger charge is -2.27. The van der Waals surface area contributed by atoms with Gasteiger partial charge in [0.05, 0.1) is 24.4 Å². The van der Waals surface area contributed by atoms with Crippen LogP contribution < -0.4 is 15.4 Å². The molecule has 0 spiro atoms. The smallest absolute Gasteiger partial charge is 0.196 e. The van der Waals surface area contributed by atoms with Crippen LogP contribution in [-0.4, -0.2) is 33.1 Å². The van der Waals surface area contributed by atoms with Crippen LogP contribution in [-0.2, 0) is 6.42 Å². The lowest BCUT2D eigenvalue weighted by molar-refractivity contribution is 0.0912. The number of hydrogen-bond donors (Lipinski definition) is 3. The molecule has 0 fully saturated rings. The predicted molar refractivity (Wildman–Crippen MR) is 152 cm³/mol. The molecule has 39 heavy (non-hydrogen) atoms. The van der Waals surface area contributed by atoms with Crippen LogP contribution in [0.1, 0.15) is 59.3 Å². The molecule has 2 aromatic heterocycles. The van der Waals surface area contributed by atoms with Gasteiger partial charge >= 0.3 is 0 Å². The number of anilines is 4. The van der Waals surface area contributed by atoms with E-state index >= 15 is 0 Å². The number of para-hydroxylation sites is 2. The molecule has 3 heterocycles. The first kappa shape index (κ1) is 23.4. The van der Waals surface area contributed by atoms with Crippen molar-refractivity contribution in [3.63, 3.8) is 0 Å². The minimum Gasteiger partial charge on any atom is -0.497 e. The normalized spacial score (nSPS) is 18.6. The van der Waals surface area contributed by atoms with Crippen molar-refractivity contribution in [3.05, 3.63) is 95.1 Å². The number of allylic oxidation sites excluding steroid dienone is 4. The van der Waals surface area contributed by atoms with Gasteiger partial charge in [-0.15, -0.1) is 10.2 Å². The van der Waals surface area contributed by atoms with Crippen LogP contribution in [0, 0.1) is 5.41 Å². The van der Waals surface area contributed by atoms with Crippen LogP contribution in [0.25, 0.3) is 11.1 Å². The Labute approximate surface area is 226 Å². The fraction of sp³-hybridized carbons (Fsp3) is 0.226. The van der Waals surface area contributed by atoms with Gasteiger partial charge in [-0.2, -0.15) is 0 Å². The molecule has 2 aromatic carbocycles. The maximum atomic E-state index is 13.0. The number of ether oxygens (including phenoxy) is 1. The molecule has 4 aromatic rings. The predicted octanol–water partition coefficient (Wildman–Crippen LogP) is 6.43. The number of carbonyl (C=O) groups is 1. The molecular formula is C31H28N6O2. The highest BCUT2D eigenvalue weighted by Gasteiger charge is 2.35. The molecule has 0 radical (unpaired) electrons. The first-order valence-electron chi connectivity index (χ1n) is 13.1. The van der Waals surface area contributed by atoms with E-state index < -0.39 is 0 Å². The SMILES string of the molecule is COc1ccc(C2=CC(c3nnc4c(n3)Nc3ccccc3N4)C(c3cc4c([nH]3)CC(C)(C)CC4=O)=C2)cc1. The number of aromatic amines is 1. The third-order valence-electron chi connectivity index (χ3n) is 7.64. The molecule has 0 amide bonds. The van der Waals surface area contributed by atoms with Crippen molar-refractivity contribution in [1.29, 1.82) is 0 Å². The monoisotopic (exact) mass is 516 g/mol. The summed E-state index contributed by atoms with van der Waals surface area (Å²) in [5, 5.41) is 15.7. The van der Waals surface area contributed by atoms with E-state index in [-0.39, 0.29) is 17.1 Å². The molecule has 1 unspecified atom stereocenters. The number of methoxy groups -OCH3 is 1. The minimum absolute atomic E-state index is 0.0668. The van der Waals surface area contributed by atoms with E-state index in [1.54, 1.807) is 7.11 Å². The maximum Gasteiger partial charge on any atom is 0.196 e. The van der Waals surface area contributed by atoms with Crippen LogP contribution >= 0.6 is 0 Å². The van der Waals surface area contributed by atoms with Gasteiger partial charge in [0.25, 0.3) is 0 Å². The summed E-state index contributed by atoms with van der Waals surface area (Å²) >= 11 is 0. The van der Waals surface area contributed by atoms with E-state index in [0.717, 1.165) is 57.2 Å². The van der Waals surface area contributed by atoms with Crippen molar-refractivity contribution in [2.45, 2.75) is 32.6 Å². The summed E-state index contributed by atoms with van der Waals surface area (Å²) < 4.78 is 5.35. The third-order valence-corrected chi connectivity index (χ3v) is 7.64. The summed E-state index contributed by atoms with van der Waals surface area (Å²) in [6.45, 7) is 4.28. The van der Waals surface area contributed by atoms with Crippen LogP contribution in [0.4, 0.5) is 23.0 Å². The summed E-state index contributed by atoms with van der Waals surface area (Å²) in [6.07, 6.45) is 5.70. The Bertz CT molecular complexity index is 1700. The molecule has 1 atom stereocenters. The van der Waals surface area contributed by atoms with Gasteiger partial charge in [-0.25, -0.2) is 4.98 Å². The number of rotatable bonds is 4. The van der Waals surface area contributed by atoms with Crippen molar-refractivity contribution in [1.82, 2.24) is 20.2 Å². The summed E-state index contributed by atoms with van der Waals surface area (Å²) in [7, 11) is 1.66. The Balaban J connectivity index is 1.30. The number of nitrogens with zero attached hydrogens (tertiary/aromatic N) is 3.